The third-order valence-corrected chi connectivity index (χ3v) is 1.72. The van der Waals surface area contributed by atoms with E-state index in [4.69, 9.17) is 4.74 Å². The molecule has 1 rings (SSSR count). The minimum Gasteiger partial charge on any atom is -0.485 e. The Morgan fingerprint density at radius 1 is 1.62 bits per heavy atom. The van der Waals surface area contributed by atoms with E-state index in [2.05, 4.69) is 9.72 Å². The summed E-state index contributed by atoms with van der Waals surface area (Å²) in [6.07, 6.45) is 1.33. The van der Waals surface area contributed by atoms with Gasteiger partial charge >= 0.3 is 11.8 Å². The second-order valence-electron chi connectivity index (χ2n) is 2.76. The summed E-state index contributed by atoms with van der Waals surface area (Å²) >= 11 is 0. The molecule has 0 radical (unpaired) electrons. The summed E-state index contributed by atoms with van der Waals surface area (Å²) in [5, 5.41) is 10.5. The Labute approximate surface area is 91.2 Å². The molecule has 1 aromatic rings. The van der Waals surface area contributed by atoms with E-state index in [1.54, 1.807) is 0 Å². The molecule has 0 N–H and O–H groups in total. The Kier molecular flexibility index (Phi) is 4.19. The molecule has 0 saturated heterocycles. The lowest BCUT2D eigenvalue weighted by atomic mass is 10.4. The van der Waals surface area contributed by atoms with Gasteiger partial charge in [-0.05, 0) is 22.0 Å². The van der Waals surface area contributed by atoms with Crippen LogP contribution in [-0.2, 0) is 9.53 Å². The first-order valence-corrected chi connectivity index (χ1v) is 4.44. The van der Waals surface area contributed by atoms with Crippen molar-refractivity contribution in [3.05, 3.63) is 28.4 Å². The molecule has 0 spiro atoms. The van der Waals surface area contributed by atoms with Gasteiger partial charge in [0.1, 0.15) is 6.20 Å². The number of hydrogen-bond donors (Lipinski definition) is 0. The Morgan fingerprint density at radius 2 is 2.38 bits per heavy atom. The van der Waals surface area contributed by atoms with Crippen molar-refractivity contribution in [2.45, 2.75) is 6.42 Å². The molecule has 0 aliphatic heterocycles. The first-order chi connectivity index (χ1) is 7.65. The Hall–Kier alpha value is -2.18. The molecule has 0 aliphatic carbocycles. The molecule has 0 aromatic carbocycles. The first kappa shape index (κ1) is 11.9. The maximum absolute atomic E-state index is 10.8. The van der Waals surface area contributed by atoms with Gasteiger partial charge in [-0.1, -0.05) is 0 Å². The molecule has 86 valence electrons. The fraction of sp³-hybridized carbons (Fsp3) is 0.333. The predicted molar refractivity (Wildman–Crippen MR) is 53.0 cm³/mol. The summed E-state index contributed by atoms with van der Waals surface area (Å²) in [5.74, 6) is -0.768. The fourth-order valence-corrected chi connectivity index (χ4v) is 0.978. The summed E-state index contributed by atoms with van der Waals surface area (Å²) in [7, 11) is 1.26. The highest BCUT2D eigenvalue weighted by Crippen LogP contribution is 2.22. The Balaban J connectivity index is 2.60. The molecular formula is C9H10N2O5. The van der Waals surface area contributed by atoms with Gasteiger partial charge in [-0.25, -0.2) is 0 Å². The van der Waals surface area contributed by atoms with E-state index in [0.717, 1.165) is 0 Å². The van der Waals surface area contributed by atoms with Crippen molar-refractivity contribution in [1.29, 1.82) is 0 Å². The van der Waals surface area contributed by atoms with Crippen LogP contribution in [0.3, 0.4) is 0 Å². The number of hydrogen-bond acceptors (Lipinski definition) is 6. The van der Waals surface area contributed by atoms with E-state index >= 15 is 0 Å². The van der Waals surface area contributed by atoms with Gasteiger partial charge in [-0.15, -0.1) is 0 Å². The Morgan fingerprint density at radius 3 is 3.00 bits per heavy atom. The number of rotatable bonds is 5. The van der Waals surface area contributed by atoms with Crippen LogP contribution < -0.4 is 4.74 Å². The van der Waals surface area contributed by atoms with Crippen LogP contribution in [0.2, 0.25) is 0 Å². The number of esters is 1. The average molecular weight is 226 g/mol. The number of methoxy groups -OCH3 is 1. The van der Waals surface area contributed by atoms with Gasteiger partial charge in [0.25, 0.3) is 0 Å². The predicted octanol–water partition coefficient (Wildman–Crippen LogP) is 0.932. The number of aromatic nitrogens is 1. The van der Waals surface area contributed by atoms with Crippen molar-refractivity contribution in [3.63, 3.8) is 0 Å². The minimum atomic E-state index is -0.645. The van der Waals surface area contributed by atoms with Crippen molar-refractivity contribution < 1.29 is 19.2 Å². The van der Waals surface area contributed by atoms with Crippen LogP contribution in [0, 0.1) is 10.1 Å². The van der Waals surface area contributed by atoms with Gasteiger partial charge in [-0.2, -0.15) is 0 Å². The smallest absolute Gasteiger partial charge is 0.406 e. The van der Waals surface area contributed by atoms with E-state index in [-0.39, 0.29) is 24.6 Å². The van der Waals surface area contributed by atoms with Crippen LogP contribution in [0.15, 0.2) is 18.3 Å². The van der Waals surface area contributed by atoms with Crippen molar-refractivity contribution in [1.82, 2.24) is 4.98 Å². The first-order valence-electron chi connectivity index (χ1n) is 4.44. The van der Waals surface area contributed by atoms with Crippen molar-refractivity contribution in [3.8, 4) is 5.75 Å². The monoisotopic (exact) mass is 226 g/mol. The third-order valence-electron chi connectivity index (χ3n) is 1.72. The van der Waals surface area contributed by atoms with Crippen LogP contribution in [-0.4, -0.2) is 29.6 Å². The molecule has 0 bridgehead atoms. The lowest BCUT2D eigenvalue weighted by Crippen LogP contribution is -2.08. The van der Waals surface area contributed by atoms with Crippen LogP contribution in [0.1, 0.15) is 6.42 Å². The number of ether oxygens (including phenoxy) is 2. The van der Waals surface area contributed by atoms with Crippen molar-refractivity contribution >= 4 is 11.8 Å². The largest absolute Gasteiger partial charge is 0.485 e. The molecule has 1 aromatic heterocycles. The molecular weight excluding hydrogens is 216 g/mol. The second kappa shape index (κ2) is 5.64. The molecule has 7 heteroatoms. The zero-order valence-corrected chi connectivity index (χ0v) is 8.58. The lowest BCUT2D eigenvalue weighted by Gasteiger charge is -2.04. The number of nitro groups is 1. The van der Waals surface area contributed by atoms with Gasteiger partial charge in [0.2, 0.25) is 5.75 Å². The summed E-state index contributed by atoms with van der Waals surface area (Å²) < 4.78 is 9.46. The molecule has 0 unspecified atom stereocenters. The van der Waals surface area contributed by atoms with E-state index < -0.39 is 10.9 Å². The van der Waals surface area contributed by atoms with Gasteiger partial charge in [0.05, 0.1) is 20.1 Å². The van der Waals surface area contributed by atoms with Crippen molar-refractivity contribution in [2.75, 3.05) is 13.7 Å². The van der Waals surface area contributed by atoms with Gasteiger partial charge in [-0.3, -0.25) is 4.79 Å². The van der Waals surface area contributed by atoms with Gasteiger partial charge in [0.15, 0.2) is 0 Å². The topological polar surface area (TPSA) is 91.6 Å². The van der Waals surface area contributed by atoms with Crippen LogP contribution in [0.25, 0.3) is 0 Å². The zero-order valence-electron chi connectivity index (χ0n) is 8.58. The molecule has 0 saturated carbocycles. The van der Waals surface area contributed by atoms with Crippen LogP contribution in [0.4, 0.5) is 5.82 Å². The van der Waals surface area contributed by atoms with Gasteiger partial charge < -0.3 is 19.6 Å². The lowest BCUT2D eigenvalue weighted by molar-refractivity contribution is -0.390. The average Bonchev–Trinajstić information content (AvgIpc) is 2.29. The van der Waals surface area contributed by atoms with E-state index in [0.29, 0.717) is 0 Å². The number of pyridine rings is 1. The zero-order chi connectivity index (χ0) is 12.0. The van der Waals surface area contributed by atoms with Crippen LogP contribution in [0.5, 0.6) is 5.75 Å². The summed E-state index contributed by atoms with van der Waals surface area (Å²) in [4.78, 5) is 24.2. The molecule has 7 nitrogen and oxygen atoms in total. The molecule has 0 atom stereocenters. The highest BCUT2D eigenvalue weighted by Gasteiger charge is 2.15. The number of carbonyl (C=O) groups excluding carboxylic acids is 1. The number of nitrogens with zero attached hydrogens (tertiary/aromatic N) is 2. The summed E-state index contributed by atoms with van der Waals surface area (Å²) in [6.45, 7) is 0.0131. The standard InChI is InChI=1S/C9H10N2O5/c1-15-8(12)4-6-16-7-3-2-5-10-9(7)11(13)14/h2-3,5H,4,6H2,1H3. The maximum Gasteiger partial charge on any atom is 0.406 e. The SMILES string of the molecule is COC(=O)CCOc1cccnc1[N+](=O)[O-]. The second-order valence-corrected chi connectivity index (χ2v) is 2.76. The third kappa shape index (κ3) is 3.19. The molecule has 0 amide bonds. The van der Waals surface area contributed by atoms with Gasteiger partial charge in [0, 0.05) is 0 Å². The van der Waals surface area contributed by atoms with E-state index in [9.17, 15) is 14.9 Å². The highest BCUT2D eigenvalue weighted by atomic mass is 16.6. The van der Waals surface area contributed by atoms with Crippen LogP contribution >= 0.6 is 0 Å². The molecule has 0 aliphatic rings. The quantitative estimate of drug-likeness (QED) is 0.421. The normalized spacial score (nSPS) is 9.56. The molecule has 1 heterocycles. The fourth-order valence-electron chi connectivity index (χ4n) is 0.978. The van der Waals surface area contributed by atoms with E-state index in [1.807, 2.05) is 0 Å². The minimum absolute atomic E-state index is 0.0131. The highest BCUT2D eigenvalue weighted by molar-refractivity contribution is 5.69. The Bertz CT molecular complexity index is 393. The van der Waals surface area contributed by atoms with E-state index in [1.165, 1.54) is 25.4 Å². The summed E-state index contributed by atoms with van der Waals surface area (Å²) in [6, 6.07) is 2.93. The molecule has 16 heavy (non-hydrogen) atoms. The summed E-state index contributed by atoms with van der Waals surface area (Å²) in [5.41, 5.74) is 0. The number of carbonyl (C=O) groups is 1. The molecule has 0 fully saturated rings. The van der Waals surface area contributed by atoms with Crippen molar-refractivity contribution in [2.24, 2.45) is 0 Å². The maximum atomic E-state index is 10.8.